The van der Waals surface area contributed by atoms with E-state index in [0.29, 0.717) is 6.42 Å². The Morgan fingerprint density at radius 2 is 2.24 bits per heavy atom. The van der Waals surface area contributed by atoms with Crippen LogP contribution in [-0.2, 0) is 4.79 Å². The van der Waals surface area contributed by atoms with Crippen molar-refractivity contribution < 1.29 is 4.79 Å². The molecule has 0 heterocycles. The number of isothiocyanates is 1. The SMILES string of the molecule is CC(=O)SCCC#Cc1ccccc1N=C=S. The molecule has 0 aliphatic rings. The van der Waals surface area contributed by atoms with Gasteiger partial charge in [-0.15, -0.1) is 0 Å². The summed E-state index contributed by atoms with van der Waals surface area (Å²) in [7, 11) is 0. The largest absolute Gasteiger partial charge is 0.288 e. The first kappa shape index (κ1) is 13.7. The van der Waals surface area contributed by atoms with E-state index in [1.807, 2.05) is 24.3 Å². The van der Waals surface area contributed by atoms with Crippen LogP contribution in [0.25, 0.3) is 0 Å². The summed E-state index contributed by atoms with van der Waals surface area (Å²) < 4.78 is 0. The third-order valence-electron chi connectivity index (χ3n) is 1.83. The molecule has 0 spiro atoms. The molecule has 0 aliphatic carbocycles. The first-order valence-electron chi connectivity index (χ1n) is 5.03. The van der Waals surface area contributed by atoms with E-state index < -0.39 is 0 Å². The fourth-order valence-corrected chi connectivity index (χ4v) is 1.72. The van der Waals surface area contributed by atoms with Crippen molar-refractivity contribution in [3.05, 3.63) is 29.8 Å². The Hall–Kier alpha value is -1.40. The van der Waals surface area contributed by atoms with Crippen molar-refractivity contribution in [1.82, 2.24) is 0 Å². The van der Waals surface area contributed by atoms with Crippen molar-refractivity contribution >= 4 is 39.9 Å². The molecule has 0 saturated heterocycles. The van der Waals surface area contributed by atoms with Gasteiger partial charge in [0, 0.05) is 19.1 Å². The maximum Gasteiger partial charge on any atom is 0.185 e. The number of rotatable bonds is 3. The fraction of sp³-hybridized carbons (Fsp3) is 0.231. The van der Waals surface area contributed by atoms with Gasteiger partial charge in [0.15, 0.2) is 5.12 Å². The topological polar surface area (TPSA) is 29.4 Å². The zero-order valence-electron chi connectivity index (χ0n) is 9.40. The van der Waals surface area contributed by atoms with Gasteiger partial charge in [-0.05, 0) is 24.4 Å². The lowest BCUT2D eigenvalue weighted by atomic mass is 10.2. The molecule has 0 amide bonds. The summed E-state index contributed by atoms with van der Waals surface area (Å²) in [5.74, 6) is 6.75. The third kappa shape index (κ3) is 5.46. The van der Waals surface area contributed by atoms with Crippen LogP contribution in [0.3, 0.4) is 0 Å². The molecule has 1 aromatic rings. The monoisotopic (exact) mass is 261 g/mol. The molecular formula is C13H11NOS2. The van der Waals surface area contributed by atoms with Gasteiger partial charge in [-0.3, -0.25) is 4.79 Å². The summed E-state index contributed by atoms with van der Waals surface area (Å²) in [5, 5.41) is 2.46. The predicted molar refractivity (Wildman–Crippen MR) is 75.8 cm³/mol. The highest BCUT2D eigenvalue weighted by molar-refractivity contribution is 8.13. The van der Waals surface area contributed by atoms with Crippen LogP contribution < -0.4 is 0 Å². The minimum atomic E-state index is 0.123. The molecular weight excluding hydrogens is 250 g/mol. The van der Waals surface area contributed by atoms with E-state index in [1.165, 1.54) is 11.8 Å². The van der Waals surface area contributed by atoms with Gasteiger partial charge in [0.25, 0.3) is 0 Å². The molecule has 2 nitrogen and oxygen atoms in total. The lowest BCUT2D eigenvalue weighted by Crippen LogP contribution is -1.84. The highest BCUT2D eigenvalue weighted by atomic mass is 32.2. The van der Waals surface area contributed by atoms with Crippen molar-refractivity contribution in [2.75, 3.05) is 5.75 Å². The van der Waals surface area contributed by atoms with Gasteiger partial charge < -0.3 is 0 Å². The zero-order valence-corrected chi connectivity index (χ0v) is 11.0. The third-order valence-corrected chi connectivity index (χ3v) is 2.73. The van der Waals surface area contributed by atoms with Crippen LogP contribution in [0.1, 0.15) is 18.9 Å². The molecule has 0 atom stereocenters. The number of benzene rings is 1. The minimum Gasteiger partial charge on any atom is -0.288 e. The Morgan fingerprint density at radius 1 is 1.47 bits per heavy atom. The average Bonchev–Trinajstić information content (AvgIpc) is 2.31. The summed E-state index contributed by atoms with van der Waals surface area (Å²) in [6.45, 7) is 1.56. The molecule has 0 aliphatic heterocycles. The number of para-hydroxylation sites is 1. The Morgan fingerprint density at radius 3 is 2.94 bits per heavy atom. The second kappa shape index (κ2) is 7.81. The highest BCUT2D eigenvalue weighted by Gasteiger charge is 1.95. The molecule has 0 bridgehead atoms. The first-order valence-corrected chi connectivity index (χ1v) is 6.42. The number of thiocarbonyl (C=S) groups is 1. The van der Waals surface area contributed by atoms with E-state index in [1.54, 1.807) is 6.92 Å². The van der Waals surface area contributed by atoms with E-state index >= 15 is 0 Å². The first-order chi connectivity index (χ1) is 8.24. The molecule has 1 rings (SSSR count). The Kier molecular flexibility index (Phi) is 6.27. The van der Waals surface area contributed by atoms with Crippen molar-refractivity contribution in [3.63, 3.8) is 0 Å². The van der Waals surface area contributed by atoms with Crippen LogP contribution in [0.15, 0.2) is 29.3 Å². The van der Waals surface area contributed by atoms with Gasteiger partial charge in [-0.25, -0.2) is 0 Å². The molecule has 0 fully saturated rings. The quantitative estimate of drug-likeness (QED) is 0.361. The van der Waals surface area contributed by atoms with Crippen LogP contribution in [0, 0.1) is 11.8 Å². The van der Waals surface area contributed by atoms with Crippen molar-refractivity contribution in [2.24, 2.45) is 4.99 Å². The Labute approximate surface area is 111 Å². The van der Waals surface area contributed by atoms with Gasteiger partial charge in [0.1, 0.15) is 0 Å². The average molecular weight is 261 g/mol. The number of hydrogen-bond acceptors (Lipinski definition) is 4. The molecule has 4 heteroatoms. The van der Waals surface area contributed by atoms with E-state index in [0.717, 1.165) is 17.0 Å². The molecule has 0 radical (unpaired) electrons. The van der Waals surface area contributed by atoms with Crippen molar-refractivity contribution in [3.8, 4) is 11.8 Å². The molecule has 1 aromatic carbocycles. The van der Waals surface area contributed by atoms with Crippen molar-refractivity contribution in [2.45, 2.75) is 13.3 Å². The van der Waals surface area contributed by atoms with Gasteiger partial charge in [0.05, 0.1) is 16.4 Å². The number of aliphatic imine (C=N–C) groups is 1. The maximum atomic E-state index is 10.7. The normalized spacial score (nSPS) is 8.76. The molecule has 17 heavy (non-hydrogen) atoms. The predicted octanol–water partition coefficient (Wildman–Crippen LogP) is 3.44. The lowest BCUT2D eigenvalue weighted by Gasteiger charge is -1.94. The maximum absolute atomic E-state index is 10.7. The lowest BCUT2D eigenvalue weighted by molar-refractivity contribution is -0.109. The summed E-state index contributed by atoms with van der Waals surface area (Å²) in [6, 6.07) is 7.50. The number of thioether (sulfide) groups is 1. The summed E-state index contributed by atoms with van der Waals surface area (Å²) in [6.07, 6.45) is 0.680. The number of hydrogen-bond donors (Lipinski definition) is 0. The van der Waals surface area contributed by atoms with Crippen molar-refractivity contribution in [1.29, 1.82) is 0 Å². The van der Waals surface area contributed by atoms with E-state index in [2.05, 4.69) is 34.2 Å². The number of carbonyl (C=O) groups is 1. The molecule has 0 aromatic heterocycles. The Balaban J connectivity index is 2.65. The summed E-state index contributed by atoms with van der Waals surface area (Å²) >= 11 is 5.86. The number of nitrogens with zero attached hydrogens (tertiary/aromatic N) is 1. The zero-order chi connectivity index (χ0) is 12.5. The summed E-state index contributed by atoms with van der Waals surface area (Å²) in [4.78, 5) is 14.6. The second-order valence-corrected chi connectivity index (χ2v) is 4.57. The standard InChI is InChI=1S/C13H11NOS2/c1-11(15)17-9-5-4-7-12-6-2-3-8-13(12)14-10-16/h2-3,6,8H,5,9H2,1H3. The van der Waals surface area contributed by atoms with Gasteiger partial charge >= 0.3 is 0 Å². The fourth-order valence-electron chi connectivity index (χ4n) is 1.13. The molecule has 86 valence electrons. The van der Waals surface area contributed by atoms with Gasteiger partial charge in [-0.1, -0.05) is 35.7 Å². The van der Waals surface area contributed by atoms with Crippen LogP contribution in [0.5, 0.6) is 0 Å². The summed E-state index contributed by atoms with van der Waals surface area (Å²) in [5.41, 5.74) is 1.56. The van der Waals surface area contributed by atoms with Gasteiger partial charge in [-0.2, -0.15) is 4.99 Å². The van der Waals surface area contributed by atoms with Crippen LogP contribution in [-0.4, -0.2) is 16.0 Å². The number of carbonyl (C=O) groups excluding carboxylic acids is 1. The molecule has 0 saturated carbocycles. The van der Waals surface area contributed by atoms with Gasteiger partial charge in [0.2, 0.25) is 0 Å². The van der Waals surface area contributed by atoms with Crippen LogP contribution in [0.4, 0.5) is 5.69 Å². The van der Waals surface area contributed by atoms with E-state index in [4.69, 9.17) is 0 Å². The van der Waals surface area contributed by atoms with E-state index in [-0.39, 0.29) is 5.12 Å². The van der Waals surface area contributed by atoms with E-state index in [9.17, 15) is 4.79 Å². The highest BCUT2D eigenvalue weighted by Crippen LogP contribution is 2.16. The minimum absolute atomic E-state index is 0.123. The molecule has 0 N–H and O–H groups in total. The van der Waals surface area contributed by atoms with Crippen LogP contribution in [0.2, 0.25) is 0 Å². The smallest absolute Gasteiger partial charge is 0.185 e. The second-order valence-electron chi connectivity index (χ2n) is 3.11. The molecule has 0 unspecified atom stereocenters. The Bertz CT molecular complexity index is 508. The van der Waals surface area contributed by atoms with Crippen LogP contribution >= 0.6 is 24.0 Å².